The highest BCUT2D eigenvalue weighted by molar-refractivity contribution is 7.18. The van der Waals surface area contributed by atoms with Crippen LogP contribution < -0.4 is 15.5 Å². The minimum atomic E-state index is -0.870. The second-order valence-electron chi connectivity index (χ2n) is 8.51. The number of hydrogen-bond acceptors (Lipinski definition) is 8. The summed E-state index contributed by atoms with van der Waals surface area (Å²) < 4.78 is 25.9. The van der Waals surface area contributed by atoms with Crippen molar-refractivity contribution in [1.29, 1.82) is 0 Å². The topological polar surface area (TPSA) is 122 Å². The first kappa shape index (κ1) is 29.8. The zero-order valence-corrected chi connectivity index (χ0v) is 22.7. The first-order chi connectivity index (χ1) is 17.8. The molecule has 1 aromatic heterocycles. The van der Waals surface area contributed by atoms with Crippen LogP contribution in [0.25, 0.3) is 0 Å². The van der Waals surface area contributed by atoms with Gasteiger partial charge in [0.05, 0.1) is 34.6 Å². The van der Waals surface area contributed by atoms with E-state index >= 15 is 4.39 Å². The number of cyclic esters (lactones) is 1. The van der Waals surface area contributed by atoms with Crippen LogP contribution in [0.5, 0.6) is 0 Å². The third-order valence-electron chi connectivity index (χ3n) is 5.95. The summed E-state index contributed by atoms with van der Waals surface area (Å²) in [5.74, 6) is -1.97. The Morgan fingerprint density at radius 3 is 2.63 bits per heavy atom. The van der Waals surface area contributed by atoms with Crippen LogP contribution in [-0.2, 0) is 19.1 Å². The lowest BCUT2D eigenvalue weighted by Gasteiger charge is -2.27. The van der Waals surface area contributed by atoms with Crippen LogP contribution in [0, 0.1) is 5.82 Å². The fourth-order valence-electron chi connectivity index (χ4n) is 4.11. The van der Waals surface area contributed by atoms with Gasteiger partial charge in [-0.2, -0.15) is 0 Å². The minimum Gasteiger partial charge on any atom is -0.442 e. The van der Waals surface area contributed by atoms with E-state index < -0.39 is 29.8 Å². The van der Waals surface area contributed by atoms with Crippen LogP contribution >= 0.6 is 35.3 Å². The van der Waals surface area contributed by atoms with Gasteiger partial charge in [-0.3, -0.25) is 24.2 Å². The molecule has 4 rings (SSSR count). The van der Waals surface area contributed by atoms with E-state index in [1.54, 1.807) is 12.1 Å². The average Bonchev–Trinajstić information content (AvgIpc) is 3.47. The Morgan fingerprint density at radius 1 is 1.18 bits per heavy atom. The zero-order valence-electron chi connectivity index (χ0n) is 20.3. The molecule has 2 aliphatic heterocycles. The molecule has 2 saturated heterocycles. The molecule has 0 unspecified atom stereocenters. The molecule has 1 atom stereocenters. The van der Waals surface area contributed by atoms with Gasteiger partial charge in [-0.25, -0.2) is 9.18 Å². The fraction of sp³-hybridized carbons (Fsp3) is 0.417. The summed E-state index contributed by atoms with van der Waals surface area (Å²) in [6.45, 7) is 0.705. The first-order valence-corrected chi connectivity index (χ1v) is 12.9. The molecule has 2 aromatic rings. The number of amides is 4. The van der Waals surface area contributed by atoms with Crippen molar-refractivity contribution in [3.8, 4) is 0 Å². The Kier molecular flexibility index (Phi) is 10.5. The van der Waals surface area contributed by atoms with E-state index in [0.29, 0.717) is 42.6 Å². The highest BCUT2D eigenvalue weighted by atomic mass is 35.5. The maximum Gasteiger partial charge on any atom is 0.414 e. The van der Waals surface area contributed by atoms with Gasteiger partial charge in [0.2, 0.25) is 5.91 Å². The monoisotopic (exact) mass is 588 g/mol. The molecular formula is C24H27Cl2FN4O6S. The molecule has 4 amide bonds. The van der Waals surface area contributed by atoms with Crippen molar-refractivity contribution in [3.63, 3.8) is 0 Å². The fourth-order valence-corrected chi connectivity index (χ4v) is 5.10. The van der Waals surface area contributed by atoms with Crippen LogP contribution in [0.2, 0.25) is 4.34 Å². The molecule has 0 aliphatic carbocycles. The number of benzene rings is 1. The molecule has 14 heteroatoms. The highest BCUT2D eigenvalue weighted by Crippen LogP contribution is 2.30. The van der Waals surface area contributed by atoms with E-state index in [4.69, 9.17) is 26.8 Å². The molecule has 1 aromatic carbocycles. The van der Waals surface area contributed by atoms with Crippen molar-refractivity contribution in [2.24, 2.45) is 5.73 Å². The molecular weight excluding hydrogens is 562 g/mol. The number of carbonyl (C=O) groups excluding carboxylic acids is 4. The van der Waals surface area contributed by atoms with Gasteiger partial charge in [0, 0.05) is 18.7 Å². The van der Waals surface area contributed by atoms with E-state index in [1.807, 2.05) is 0 Å². The van der Waals surface area contributed by atoms with Gasteiger partial charge in [-0.15, -0.1) is 23.7 Å². The Bertz CT molecular complexity index is 1200. The molecule has 2 aliphatic rings. The lowest BCUT2D eigenvalue weighted by Crippen LogP contribution is -2.43. The van der Waals surface area contributed by atoms with Crippen LogP contribution in [-0.4, -0.2) is 74.2 Å². The van der Waals surface area contributed by atoms with Gasteiger partial charge >= 0.3 is 6.09 Å². The van der Waals surface area contributed by atoms with Crippen molar-refractivity contribution in [2.45, 2.75) is 25.4 Å². The minimum absolute atomic E-state index is 0. The van der Waals surface area contributed by atoms with Crippen LogP contribution in [0.1, 0.15) is 28.9 Å². The molecule has 0 radical (unpaired) electrons. The standard InChI is InChI=1S/C24H26ClFN4O6S.ClH/c25-20-7-6-19(37-20)23(33)30(21(31)3-1-2-8-27)13-16-12-29(24(34)36-16)18-5-4-15(11-17(18)26)28-9-10-35-14-22(28)32;/h4-7,11,16H,1-3,8-10,12-14,27H2;1H/t16-;/m1./s1. The Labute approximate surface area is 233 Å². The Hall–Kier alpha value is -2.77. The van der Waals surface area contributed by atoms with Gasteiger partial charge in [0.1, 0.15) is 18.5 Å². The third kappa shape index (κ3) is 6.80. The van der Waals surface area contributed by atoms with Gasteiger partial charge in [-0.05, 0) is 49.7 Å². The van der Waals surface area contributed by atoms with Crippen LogP contribution in [0.15, 0.2) is 30.3 Å². The number of ether oxygens (including phenoxy) is 2. The van der Waals surface area contributed by atoms with Crippen LogP contribution in [0.4, 0.5) is 20.6 Å². The summed E-state index contributed by atoms with van der Waals surface area (Å²) in [5.41, 5.74) is 5.83. The van der Waals surface area contributed by atoms with Gasteiger partial charge in [0.15, 0.2) is 0 Å². The second-order valence-corrected chi connectivity index (χ2v) is 10.2. The highest BCUT2D eigenvalue weighted by Gasteiger charge is 2.37. The first-order valence-electron chi connectivity index (χ1n) is 11.7. The molecule has 2 N–H and O–H groups in total. The van der Waals surface area contributed by atoms with E-state index in [2.05, 4.69) is 0 Å². The van der Waals surface area contributed by atoms with E-state index in [0.717, 1.165) is 21.1 Å². The molecule has 0 saturated carbocycles. The number of halogens is 3. The third-order valence-corrected chi connectivity index (χ3v) is 7.17. The predicted molar refractivity (Wildman–Crippen MR) is 143 cm³/mol. The number of imide groups is 1. The molecule has 2 fully saturated rings. The normalized spacial score (nSPS) is 17.3. The summed E-state index contributed by atoms with van der Waals surface area (Å²) in [4.78, 5) is 54.5. The maximum atomic E-state index is 15.0. The lowest BCUT2D eigenvalue weighted by atomic mass is 10.2. The van der Waals surface area contributed by atoms with Crippen molar-refractivity contribution in [2.75, 3.05) is 49.2 Å². The SMILES string of the molecule is Cl.NCCCCC(=O)N(C[C@H]1CN(c2ccc(N3CCOCC3=O)cc2F)C(=O)O1)C(=O)c1ccc(Cl)s1. The number of unbranched alkanes of at least 4 members (excludes halogenated alkanes) is 1. The quantitative estimate of drug-likeness (QED) is 0.445. The van der Waals surface area contributed by atoms with E-state index in [1.165, 1.54) is 23.1 Å². The summed E-state index contributed by atoms with van der Waals surface area (Å²) in [6, 6.07) is 7.20. The van der Waals surface area contributed by atoms with E-state index in [-0.39, 0.29) is 55.0 Å². The van der Waals surface area contributed by atoms with Crippen LogP contribution in [0.3, 0.4) is 0 Å². The molecule has 206 valence electrons. The zero-order chi connectivity index (χ0) is 26.5. The number of nitrogens with zero attached hydrogens (tertiary/aromatic N) is 3. The lowest BCUT2D eigenvalue weighted by molar-refractivity contribution is -0.129. The number of carbonyl (C=O) groups is 4. The van der Waals surface area contributed by atoms with Crippen molar-refractivity contribution >= 4 is 70.5 Å². The smallest absolute Gasteiger partial charge is 0.414 e. The molecule has 0 spiro atoms. The second kappa shape index (κ2) is 13.3. The van der Waals surface area contributed by atoms with Gasteiger partial charge in [-0.1, -0.05) is 11.6 Å². The van der Waals surface area contributed by atoms with Gasteiger partial charge < -0.3 is 20.1 Å². The number of rotatable bonds is 9. The number of thiophene rings is 1. The molecule has 38 heavy (non-hydrogen) atoms. The summed E-state index contributed by atoms with van der Waals surface area (Å²) >= 11 is 7.00. The molecule has 3 heterocycles. The van der Waals surface area contributed by atoms with Crippen molar-refractivity contribution < 1.29 is 33.0 Å². The number of nitrogens with two attached hydrogens (primary N) is 1. The number of morpholine rings is 1. The Balaban J connectivity index is 0.00000400. The van der Waals surface area contributed by atoms with Crippen molar-refractivity contribution in [3.05, 3.63) is 45.4 Å². The molecule has 10 nitrogen and oxygen atoms in total. The largest absolute Gasteiger partial charge is 0.442 e. The summed E-state index contributed by atoms with van der Waals surface area (Å²) in [5, 5.41) is 0. The summed E-state index contributed by atoms with van der Waals surface area (Å²) in [7, 11) is 0. The number of hydrogen-bond donors (Lipinski definition) is 1. The summed E-state index contributed by atoms with van der Waals surface area (Å²) in [6.07, 6.45) is -0.449. The van der Waals surface area contributed by atoms with Crippen molar-refractivity contribution in [1.82, 2.24) is 4.90 Å². The predicted octanol–water partition coefficient (Wildman–Crippen LogP) is 3.45. The van der Waals surface area contributed by atoms with Gasteiger partial charge in [0.25, 0.3) is 11.8 Å². The number of anilines is 2. The molecule has 0 bridgehead atoms. The maximum absolute atomic E-state index is 15.0. The average molecular weight is 589 g/mol. The Morgan fingerprint density at radius 2 is 1.97 bits per heavy atom. The van der Waals surface area contributed by atoms with E-state index in [9.17, 15) is 19.2 Å².